The molecule has 5 nitrogen and oxygen atoms in total. The van der Waals surface area contributed by atoms with Crippen LogP contribution in [0.1, 0.15) is 12.8 Å². The van der Waals surface area contributed by atoms with Gasteiger partial charge in [-0.3, -0.25) is 0 Å². The zero-order valence-corrected chi connectivity index (χ0v) is 10.1. The third-order valence-electron chi connectivity index (χ3n) is 3.07. The van der Waals surface area contributed by atoms with Gasteiger partial charge in [-0.2, -0.15) is 15.0 Å². The van der Waals surface area contributed by atoms with Gasteiger partial charge in [0.15, 0.2) is 0 Å². The van der Waals surface area contributed by atoms with Gasteiger partial charge < -0.3 is 10.1 Å². The predicted molar refractivity (Wildman–Crippen MR) is 68.8 cm³/mol. The van der Waals surface area contributed by atoms with E-state index >= 15 is 0 Å². The maximum atomic E-state index is 5.57. The number of aromatic nitrogens is 3. The Balaban J connectivity index is 1.60. The summed E-state index contributed by atoms with van der Waals surface area (Å²) in [6.45, 7) is 1.77. The van der Waals surface area contributed by atoms with Gasteiger partial charge in [-0.15, -0.1) is 0 Å². The van der Waals surface area contributed by atoms with Gasteiger partial charge in [-0.1, -0.05) is 0 Å². The summed E-state index contributed by atoms with van der Waals surface area (Å²) >= 11 is 0. The normalized spacial score (nSPS) is 19.0. The Hall–Kier alpha value is -1.88. The lowest BCUT2D eigenvalue weighted by atomic mass is 10.2. The van der Waals surface area contributed by atoms with Crippen molar-refractivity contribution in [3.8, 4) is 5.69 Å². The highest BCUT2D eigenvalue weighted by Crippen LogP contribution is 2.15. The predicted octanol–water partition coefficient (Wildman–Crippen LogP) is 1.86. The number of anilines is 1. The minimum Gasteiger partial charge on any atom is -0.382 e. The first-order valence-electron chi connectivity index (χ1n) is 6.24. The quantitative estimate of drug-likeness (QED) is 0.892. The lowest BCUT2D eigenvalue weighted by Crippen LogP contribution is -2.18. The fourth-order valence-electron chi connectivity index (χ4n) is 2.10. The summed E-state index contributed by atoms with van der Waals surface area (Å²) in [6, 6.07) is 8.07. The molecule has 1 fully saturated rings. The van der Waals surface area contributed by atoms with E-state index in [-0.39, 0.29) is 0 Å². The second-order valence-corrected chi connectivity index (χ2v) is 4.38. The highest BCUT2D eigenvalue weighted by atomic mass is 16.5. The summed E-state index contributed by atoms with van der Waals surface area (Å²) in [5.41, 5.74) is 2.06. The van der Waals surface area contributed by atoms with Crippen LogP contribution in [-0.2, 0) is 4.74 Å². The molecule has 0 amide bonds. The van der Waals surface area contributed by atoms with Crippen molar-refractivity contribution in [3.05, 3.63) is 36.7 Å². The van der Waals surface area contributed by atoms with Gasteiger partial charge >= 0.3 is 0 Å². The van der Waals surface area contributed by atoms with E-state index in [1.165, 1.54) is 6.42 Å². The molecular formula is C13H16N4O. The molecule has 1 N–H and O–H groups in total. The van der Waals surface area contributed by atoms with Gasteiger partial charge in [0.1, 0.15) is 0 Å². The minimum atomic E-state index is 0.359. The van der Waals surface area contributed by atoms with Crippen LogP contribution in [0.5, 0.6) is 0 Å². The molecule has 1 aromatic heterocycles. The van der Waals surface area contributed by atoms with Gasteiger partial charge in [-0.05, 0) is 37.1 Å². The van der Waals surface area contributed by atoms with Crippen molar-refractivity contribution >= 4 is 5.69 Å². The summed E-state index contributed by atoms with van der Waals surface area (Å²) in [7, 11) is 0. The molecule has 1 unspecified atom stereocenters. The topological polar surface area (TPSA) is 52.0 Å². The Morgan fingerprint density at radius 3 is 2.67 bits per heavy atom. The van der Waals surface area contributed by atoms with Gasteiger partial charge in [-0.25, -0.2) is 0 Å². The van der Waals surface area contributed by atoms with Gasteiger partial charge in [0.05, 0.1) is 24.2 Å². The number of hydrogen-bond acceptors (Lipinski definition) is 4. The lowest BCUT2D eigenvalue weighted by Gasteiger charge is -2.12. The second-order valence-electron chi connectivity index (χ2n) is 4.38. The van der Waals surface area contributed by atoms with Gasteiger partial charge in [0, 0.05) is 18.8 Å². The molecule has 0 saturated carbocycles. The van der Waals surface area contributed by atoms with Crippen molar-refractivity contribution in [1.82, 2.24) is 15.0 Å². The molecule has 1 aliphatic rings. The Bertz CT molecular complexity index is 474. The highest BCUT2D eigenvalue weighted by molar-refractivity contribution is 5.48. The summed E-state index contributed by atoms with van der Waals surface area (Å²) in [6.07, 6.45) is 6.03. The van der Waals surface area contributed by atoms with E-state index in [2.05, 4.69) is 15.5 Å². The van der Waals surface area contributed by atoms with E-state index in [0.29, 0.717) is 6.10 Å². The van der Waals surface area contributed by atoms with E-state index in [9.17, 15) is 0 Å². The van der Waals surface area contributed by atoms with Crippen LogP contribution in [0, 0.1) is 0 Å². The third kappa shape index (κ3) is 2.51. The number of nitrogens with one attached hydrogen (secondary N) is 1. The van der Waals surface area contributed by atoms with Crippen molar-refractivity contribution in [2.24, 2.45) is 0 Å². The minimum absolute atomic E-state index is 0.359. The number of hydrogen-bond donors (Lipinski definition) is 1. The molecule has 3 rings (SSSR count). The van der Waals surface area contributed by atoms with Crippen LogP contribution in [-0.4, -0.2) is 34.2 Å². The van der Waals surface area contributed by atoms with Crippen LogP contribution in [0.15, 0.2) is 36.7 Å². The zero-order chi connectivity index (χ0) is 12.2. The van der Waals surface area contributed by atoms with Crippen LogP contribution in [0.4, 0.5) is 5.69 Å². The standard InChI is InChI=1S/C13H16N4O/c1-2-13(18-9-1)10-14-11-3-5-12(6-4-11)17-15-7-8-16-17/h3-8,13-14H,1-2,9-10H2. The third-order valence-corrected chi connectivity index (χ3v) is 3.07. The van der Waals surface area contributed by atoms with E-state index < -0.39 is 0 Å². The van der Waals surface area contributed by atoms with Crippen molar-refractivity contribution in [2.45, 2.75) is 18.9 Å². The van der Waals surface area contributed by atoms with Crippen molar-refractivity contribution in [3.63, 3.8) is 0 Å². The first-order valence-corrected chi connectivity index (χ1v) is 6.24. The molecule has 0 bridgehead atoms. The highest BCUT2D eigenvalue weighted by Gasteiger charge is 2.14. The maximum Gasteiger partial charge on any atom is 0.0858 e. The fraction of sp³-hybridized carbons (Fsp3) is 0.385. The Kier molecular flexibility index (Phi) is 3.23. The molecule has 1 aliphatic heterocycles. The van der Waals surface area contributed by atoms with Gasteiger partial charge in [0.2, 0.25) is 0 Å². The number of nitrogens with zero attached hydrogens (tertiary/aromatic N) is 3. The number of ether oxygens (including phenoxy) is 1. The largest absolute Gasteiger partial charge is 0.382 e. The lowest BCUT2D eigenvalue weighted by molar-refractivity contribution is 0.120. The summed E-state index contributed by atoms with van der Waals surface area (Å²) < 4.78 is 5.57. The molecule has 0 aliphatic carbocycles. The van der Waals surface area contributed by atoms with E-state index in [1.807, 2.05) is 24.3 Å². The van der Waals surface area contributed by atoms with Crippen molar-refractivity contribution < 1.29 is 4.74 Å². The molecule has 18 heavy (non-hydrogen) atoms. The Morgan fingerprint density at radius 2 is 2.00 bits per heavy atom. The number of rotatable bonds is 4. The van der Waals surface area contributed by atoms with Crippen molar-refractivity contribution in [1.29, 1.82) is 0 Å². The average molecular weight is 244 g/mol. The average Bonchev–Trinajstić information content (AvgIpc) is 3.10. The SMILES string of the molecule is c1cnn(-c2ccc(NCC3CCCO3)cc2)n1. The molecule has 2 heterocycles. The molecule has 1 aromatic carbocycles. The molecule has 5 heteroatoms. The summed E-state index contributed by atoms with van der Waals surface area (Å²) in [5, 5.41) is 11.6. The molecule has 2 aromatic rings. The van der Waals surface area contributed by atoms with Crippen LogP contribution < -0.4 is 5.32 Å². The monoisotopic (exact) mass is 244 g/mol. The maximum absolute atomic E-state index is 5.57. The molecule has 1 saturated heterocycles. The Labute approximate surface area is 106 Å². The van der Waals surface area contributed by atoms with E-state index in [0.717, 1.165) is 30.9 Å². The van der Waals surface area contributed by atoms with Crippen molar-refractivity contribution in [2.75, 3.05) is 18.5 Å². The van der Waals surface area contributed by atoms with E-state index in [4.69, 9.17) is 4.74 Å². The molecular weight excluding hydrogens is 228 g/mol. The van der Waals surface area contributed by atoms with Gasteiger partial charge in [0.25, 0.3) is 0 Å². The summed E-state index contributed by atoms with van der Waals surface area (Å²) in [5.74, 6) is 0. The molecule has 0 radical (unpaired) electrons. The van der Waals surface area contributed by atoms with Crippen LogP contribution >= 0.6 is 0 Å². The molecule has 94 valence electrons. The number of benzene rings is 1. The second kappa shape index (κ2) is 5.18. The van der Waals surface area contributed by atoms with Crippen LogP contribution in [0.3, 0.4) is 0 Å². The first-order chi connectivity index (χ1) is 8.92. The van der Waals surface area contributed by atoms with E-state index in [1.54, 1.807) is 17.2 Å². The first kappa shape index (κ1) is 11.2. The van der Waals surface area contributed by atoms with Crippen LogP contribution in [0.2, 0.25) is 0 Å². The summed E-state index contributed by atoms with van der Waals surface area (Å²) in [4.78, 5) is 1.60. The zero-order valence-electron chi connectivity index (χ0n) is 10.1. The smallest absolute Gasteiger partial charge is 0.0858 e. The molecule has 0 spiro atoms. The van der Waals surface area contributed by atoms with Crippen LogP contribution in [0.25, 0.3) is 5.69 Å². The fourth-order valence-corrected chi connectivity index (χ4v) is 2.10. The molecule has 1 atom stereocenters. The Morgan fingerprint density at radius 1 is 1.22 bits per heavy atom.